The van der Waals surface area contributed by atoms with E-state index in [0.717, 1.165) is 6.42 Å². The molecule has 0 saturated carbocycles. The SMILES string of the molecule is C=CC[C@H](OC)c1ccc(C)cc1. The predicted molar refractivity (Wildman–Crippen MR) is 55.7 cm³/mol. The number of rotatable bonds is 4. The highest BCUT2D eigenvalue weighted by atomic mass is 16.5. The van der Waals surface area contributed by atoms with Crippen LogP contribution in [0, 0.1) is 6.92 Å². The Morgan fingerprint density at radius 2 is 2.00 bits per heavy atom. The lowest BCUT2D eigenvalue weighted by atomic mass is 10.1. The van der Waals surface area contributed by atoms with Crippen molar-refractivity contribution >= 4 is 0 Å². The Balaban J connectivity index is 2.78. The van der Waals surface area contributed by atoms with Gasteiger partial charge in [0.05, 0.1) is 6.10 Å². The topological polar surface area (TPSA) is 9.23 Å². The average molecular weight is 176 g/mol. The summed E-state index contributed by atoms with van der Waals surface area (Å²) in [5, 5.41) is 0. The second-order valence-corrected chi connectivity index (χ2v) is 3.16. The molecule has 0 unspecified atom stereocenters. The van der Waals surface area contributed by atoms with Crippen LogP contribution in [0.1, 0.15) is 23.7 Å². The highest BCUT2D eigenvalue weighted by molar-refractivity contribution is 5.23. The zero-order chi connectivity index (χ0) is 9.68. The van der Waals surface area contributed by atoms with E-state index in [0.29, 0.717) is 0 Å². The third-order valence-electron chi connectivity index (χ3n) is 2.11. The third kappa shape index (κ3) is 2.71. The van der Waals surface area contributed by atoms with Crippen molar-refractivity contribution in [2.75, 3.05) is 7.11 Å². The van der Waals surface area contributed by atoms with Crippen molar-refractivity contribution < 1.29 is 4.74 Å². The molecule has 0 bridgehead atoms. The van der Waals surface area contributed by atoms with Gasteiger partial charge in [0, 0.05) is 7.11 Å². The lowest BCUT2D eigenvalue weighted by Gasteiger charge is -2.13. The van der Waals surface area contributed by atoms with E-state index in [1.54, 1.807) is 7.11 Å². The van der Waals surface area contributed by atoms with Crippen LogP contribution in [0.4, 0.5) is 0 Å². The maximum atomic E-state index is 5.35. The van der Waals surface area contributed by atoms with Crippen molar-refractivity contribution in [1.29, 1.82) is 0 Å². The van der Waals surface area contributed by atoms with Gasteiger partial charge >= 0.3 is 0 Å². The molecule has 70 valence electrons. The molecule has 0 aliphatic heterocycles. The van der Waals surface area contributed by atoms with Crippen LogP contribution in [0.15, 0.2) is 36.9 Å². The van der Waals surface area contributed by atoms with E-state index in [9.17, 15) is 0 Å². The molecule has 0 radical (unpaired) electrons. The fourth-order valence-electron chi connectivity index (χ4n) is 1.30. The highest BCUT2D eigenvalue weighted by Crippen LogP contribution is 2.20. The molecule has 1 heteroatoms. The Bertz CT molecular complexity index is 261. The molecule has 0 aliphatic rings. The molecular formula is C12H16O. The van der Waals surface area contributed by atoms with Crippen LogP contribution in [0.2, 0.25) is 0 Å². The van der Waals surface area contributed by atoms with Gasteiger partial charge in [-0.1, -0.05) is 35.9 Å². The molecule has 0 N–H and O–H groups in total. The van der Waals surface area contributed by atoms with Crippen LogP contribution in [0.3, 0.4) is 0 Å². The lowest BCUT2D eigenvalue weighted by molar-refractivity contribution is 0.106. The molecule has 0 fully saturated rings. The van der Waals surface area contributed by atoms with Gasteiger partial charge in [0.2, 0.25) is 0 Å². The molecular weight excluding hydrogens is 160 g/mol. The molecule has 0 aliphatic carbocycles. The number of hydrogen-bond acceptors (Lipinski definition) is 1. The van der Waals surface area contributed by atoms with Gasteiger partial charge in [0.25, 0.3) is 0 Å². The Kier molecular flexibility index (Phi) is 3.71. The summed E-state index contributed by atoms with van der Waals surface area (Å²) in [6.07, 6.45) is 2.89. The van der Waals surface area contributed by atoms with Crippen molar-refractivity contribution in [3.8, 4) is 0 Å². The molecule has 0 spiro atoms. The van der Waals surface area contributed by atoms with Crippen molar-refractivity contribution in [2.24, 2.45) is 0 Å². The van der Waals surface area contributed by atoms with Crippen LogP contribution < -0.4 is 0 Å². The molecule has 0 heterocycles. The van der Waals surface area contributed by atoms with E-state index < -0.39 is 0 Å². The summed E-state index contributed by atoms with van der Waals surface area (Å²) in [5.41, 5.74) is 2.49. The van der Waals surface area contributed by atoms with Crippen LogP contribution in [-0.4, -0.2) is 7.11 Å². The van der Waals surface area contributed by atoms with Crippen molar-refractivity contribution in [2.45, 2.75) is 19.4 Å². The number of benzene rings is 1. The summed E-state index contributed by atoms with van der Waals surface area (Å²) >= 11 is 0. The smallest absolute Gasteiger partial charge is 0.0855 e. The number of aryl methyl sites for hydroxylation is 1. The fraction of sp³-hybridized carbons (Fsp3) is 0.333. The van der Waals surface area contributed by atoms with E-state index in [4.69, 9.17) is 4.74 Å². The molecule has 1 rings (SSSR count). The van der Waals surface area contributed by atoms with Gasteiger partial charge in [-0.2, -0.15) is 0 Å². The minimum absolute atomic E-state index is 0.151. The summed E-state index contributed by atoms with van der Waals surface area (Å²) in [7, 11) is 1.73. The quantitative estimate of drug-likeness (QED) is 0.640. The highest BCUT2D eigenvalue weighted by Gasteiger charge is 2.06. The second-order valence-electron chi connectivity index (χ2n) is 3.16. The molecule has 0 saturated heterocycles. The summed E-state index contributed by atoms with van der Waals surface area (Å²) in [4.78, 5) is 0. The van der Waals surface area contributed by atoms with E-state index in [1.165, 1.54) is 11.1 Å². The molecule has 1 aromatic rings. The first-order valence-electron chi connectivity index (χ1n) is 4.48. The number of ether oxygens (including phenoxy) is 1. The Labute approximate surface area is 80.0 Å². The maximum absolute atomic E-state index is 5.35. The Hall–Kier alpha value is -1.08. The first-order chi connectivity index (χ1) is 6.27. The summed E-state index contributed by atoms with van der Waals surface area (Å²) in [5.74, 6) is 0. The van der Waals surface area contributed by atoms with Crippen LogP contribution in [0.5, 0.6) is 0 Å². The zero-order valence-corrected chi connectivity index (χ0v) is 8.29. The maximum Gasteiger partial charge on any atom is 0.0855 e. The molecule has 0 aromatic heterocycles. The third-order valence-corrected chi connectivity index (χ3v) is 2.11. The first-order valence-corrected chi connectivity index (χ1v) is 4.48. The van der Waals surface area contributed by atoms with E-state index in [-0.39, 0.29) is 6.10 Å². The van der Waals surface area contributed by atoms with Gasteiger partial charge in [-0.05, 0) is 18.9 Å². The largest absolute Gasteiger partial charge is 0.376 e. The fourth-order valence-corrected chi connectivity index (χ4v) is 1.30. The molecule has 1 aromatic carbocycles. The molecule has 13 heavy (non-hydrogen) atoms. The zero-order valence-electron chi connectivity index (χ0n) is 8.29. The Morgan fingerprint density at radius 3 is 2.46 bits per heavy atom. The van der Waals surface area contributed by atoms with Gasteiger partial charge in [-0.25, -0.2) is 0 Å². The van der Waals surface area contributed by atoms with Crippen LogP contribution >= 0.6 is 0 Å². The van der Waals surface area contributed by atoms with E-state index in [2.05, 4.69) is 37.8 Å². The van der Waals surface area contributed by atoms with Gasteiger partial charge < -0.3 is 4.74 Å². The lowest BCUT2D eigenvalue weighted by Crippen LogP contribution is -1.99. The van der Waals surface area contributed by atoms with Gasteiger partial charge in [0.15, 0.2) is 0 Å². The van der Waals surface area contributed by atoms with Gasteiger partial charge in [-0.15, -0.1) is 6.58 Å². The van der Waals surface area contributed by atoms with Crippen LogP contribution in [-0.2, 0) is 4.74 Å². The number of hydrogen-bond donors (Lipinski definition) is 0. The number of methoxy groups -OCH3 is 1. The first kappa shape index (κ1) is 10.0. The minimum atomic E-state index is 0.151. The predicted octanol–water partition coefficient (Wildman–Crippen LogP) is 3.26. The van der Waals surface area contributed by atoms with Crippen molar-refractivity contribution in [3.05, 3.63) is 48.0 Å². The molecule has 0 amide bonds. The van der Waals surface area contributed by atoms with Crippen molar-refractivity contribution in [3.63, 3.8) is 0 Å². The monoisotopic (exact) mass is 176 g/mol. The van der Waals surface area contributed by atoms with E-state index in [1.807, 2.05) is 6.08 Å². The summed E-state index contributed by atoms with van der Waals surface area (Å²) < 4.78 is 5.35. The normalized spacial score (nSPS) is 12.5. The molecule has 1 nitrogen and oxygen atoms in total. The molecule has 1 atom stereocenters. The Morgan fingerprint density at radius 1 is 1.38 bits per heavy atom. The standard InChI is InChI=1S/C12H16O/c1-4-5-12(13-3)11-8-6-10(2)7-9-11/h4,6-9,12H,1,5H2,2-3H3/t12-/m0/s1. The average Bonchev–Trinajstić information content (AvgIpc) is 2.16. The second kappa shape index (κ2) is 4.83. The van der Waals surface area contributed by atoms with Crippen molar-refractivity contribution in [1.82, 2.24) is 0 Å². The van der Waals surface area contributed by atoms with Gasteiger partial charge in [0.1, 0.15) is 0 Å². The summed E-state index contributed by atoms with van der Waals surface area (Å²) in [6, 6.07) is 8.41. The minimum Gasteiger partial charge on any atom is -0.376 e. The van der Waals surface area contributed by atoms with Crippen LogP contribution in [0.25, 0.3) is 0 Å². The van der Waals surface area contributed by atoms with E-state index >= 15 is 0 Å². The summed E-state index contributed by atoms with van der Waals surface area (Å²) in [6.45, 7) is 5.79. The van der Waals surface area contributed by atoms with Gasteiger partial charge in [-0.3, -0.25) is 0 Å².